The van der Waals surface area contributed by atoms with E-state index in [1.165, 1.54) is 4.90 Å². The molecule has 206 valence electrons. The molecular formula is C28H33N5O5S. The van der Waals surface area contributed by atoms with Gasteiger partial charge in [0.15, 0.2) is 5.69 Å². The first-order valence-electron chi connectivity index (χ1n) is 12.7. The first-order chi connectivity index (χ1) is 18.7. The van der Waals surface area contributed by atoms with Crippen molar-refractivity contribution in [3.05, 3.63) is 70.2 Å². The lowest BCUT2D eigenvalue weighted by atomic mass is 10.00. The highest BCUT2D eigenvalue weighted by Gasteiger charge is 2.36. The van der Waals surface area contributed by atoms with Crippen molar-refractivity contribution in [3.63, 3.8) is 0 Å². The maximum Gasteiger partial charge on any atom is 0.273 e. The quantitative estimate of drug-likeness (QED) is 0.348. The molecule has 3 aromatic rings. The molecule has 1 aliphatic rings. The van der Waals surface area contributed by atoms with Gasteiger partial charge in [-0.2, -0.15) is 4.37 Å². The fourth-order valence-corrected chi connectivity index (χ4v) is 5.20. The van der Waals surface area contributed by atoms with Crippen LogP contribution in [0.3, 0.4) is 0 Å². The van der Waals surface area contributed by atoms with Crippen LogP contribution >= 0.6 is 11.5 Å². The van der Waals surface area contributed by atoms with E-state index in [0.29, 0.717) is 30.2 Å². The molecule has 1 saturated heterocycles. The number of carbonyl (C=O) groups excluding carboxylic acids is 3. The third kappa shape index (κ3) is 6.21. The van der Waals surface area contributed by atoms with Gasteiger partial charge >= 0.3 is 0 Å². The van der Waals surface area contributed by atoms with E-state index in [1.807, 2.05) is 12.1 Å². The number of hydrogen-bond acceptors (Lipinski definition) is 8. The summed E-state index contributed by atoms with van der Waals surface area (Å²) in [6.07, 6.45) is 1.69. The number of nitrogens with two attached hydrogens (primary N) is 2. The maximum atomic E-state index is 14.2. The summed E-state index contributed by atoms with van der Waals surface area (Å²) in [6, 6.07) is 13.3. The normalized spacial score (nSPS) is 15.6. The summed E-state index contributed by atoms with van der Waals surface area (Å²) >= 11 is 0.769. The average molecular weight is 552 g/mol. The molecule has 0 spiro atoms. The molecule has 5 N–H and O–H groups in total. The summed E-state index contributed by atoms with van der Waals surface area (Å²) in [7, 11) is 1.55. The molecule has 0 bridgehead atoms. The molecule has 3 amide bonds. The summed E-state index contributed by atoms with van der Waals surface area (Å²) in [6.45, 7) is 5.11. The number of aromatic nitrogens is 1. The fourth-order valence-electron chi connectivity index (χ4n) is 4.46. The van der Waals surface area contributed by atoms with Crippen molar-refractivity contribution in [1.29, 1.82) is 0 Å². The predicted octanol–water partition coefficient (Wildman–Crippen LogP) is 3.64. The van der Waals surface area contributed by atoms with E-state index in [4.69, 9.17) is 20.9 Å². The minimum absolute atomic E-state index is 0.0159. The summed E-state index contributed by atoms with van der Waals surface area (Å²) < 4.78 is 15.0. The summed E-state index contributed by atoms with van der Waals surface area (Å²) in [5.41, 5.74) is 13.4. The van der Waals surface area contributed by atoms with E-state index in [9.17, 15) is 14.4 Å². The number of methoxy groups -OCH3 is 1. The number of nitrogens with one attached hydrogen (secondary N) is 1. The van der Waals surface area contributed by atoms with Crippen LogP contribution in [-0.2, 0) is 9.53 Å². The monoisotopic (exact) mass is 551 g/mol. The Labute approximate surface area is 231 Å². The second-order valence-electron chi connectivity index (χ2n) is 9.62. The molecular weight excluding hydrogens is 518 g/mol. The number of nitrogen functional groups attached to an aromatic ring is 1. The Morgan fingerprint density at radius 3 is 2.33 bits per heavy atom. The van der Waals surface area contributed by atoms with Gasteiger partial charge in [0.25, 0.3) is 11.8 Å². The number of benzene rings is 2. The van der Waals surface area contributed by atoms with Crippen molar-refractivity contribution in [2.75, 3.05) is 30.9 Å². The smallest absolute Gasteiger partial charge is 0.273 e. The minimum atomic E-state index is -1.08. The van der Waals surface area contributed by atoms with Crippen LogP contribution in [-0.4, -0.2) is 48.5 Å². The Morgan fingerprint density at radius 1 is 1.13 bits per heavy atom. The molecule has 10 nitrogen and oxygen atoms in total. The van der Waals surface area contributed by atoms with E-state index in [0.717, 1.165) is 29.9 Å². The number of hydrogen-bond donors (Lipinski definition) is 3. The van der Waals surface area contributed by atoms with Crippen LogP contribution in [0.5, 0.6) is 5.75 Å². The highest BCUT2D eigenvalue weighted by atomic mass is 32.1. The number of amides is 3. The van der Waals surface area contributed by atoms with Crippen molar-refractivity contribution >= 4 is 40.6 Å². The average Bonchev–Trinajstić information content (AvgIpc) is 3.60. The lowest BCUT2D eigenvalue weighted by Gasteiger charge is -2.32. The molecule has 39 heavy (non-hydrogen) atoms. The topological polar surface area (TPSA) is 150 Å². The second-order valence-corrected chi connectivity index (χ2v) is 10.4. The Morgan fingerprint density at radius 2 is 1.79 bits per heavy atom. The minimum Gasteiger partial charge on any atom is -0.497 e. The number of rotatable bonds is 10. The van der Waals surface area contributed by atoms with Crippen molar-refractivity contribution in [2.45, 2.75) is 44.8 Å². The van der Waals surface area contributed by atoms with Gasteiger partial charge in [-0.3, -0.25) is 19.3 Å². The van der Waals surface area contributed by atoms with E-state index < -0.39 is 23.8 Å². The van der Waals surface area contributed by atoms with Crippen LogP contribution in [0.2, 0.25) is 0 Å². The highest BCUT2D eigenvalue weighted by Crippen LogP contribution is 2.34. The molecule has 0 saturated carbocycles. The third-order valence-electron chi connectivity index (χ3n) is 6.68. The number of ether oxygens (including phenoxy) is 2. The molecule has 0 radical (unpaired) electrons. The van der Waals surface area contributed by atoms with Crippen molar-refractivity contribution < 1.29 is 23.9 Å². The van der Waals surface area contributed by atoms with Gasteiger partial charge < -0.3 is 26.3 Å². The van der Waals surface area contributed by atoms with Crippen LogP contribution < -0.4 is 26.4 Å². The van der Waals surface area contributed by atoms with Gasteiger partial charge in [-0.1, -0.05) is 38.1 Å². The summed E-state index contributed by atoms with van der Waals surface area (Å²) in [5.74, 6) is -0.936. The van der Waals surface area contributed by atoms with Crippen LogP contribution in [0.15, 0.2) is 48.5 Å². The molecule has 11 heteroatoms. The number of nitrogens with zero attached hydrogens (tertiary/aromatic N) is 2. The van der Waals surface area contributed by atoms with Gasteiger partial charge in [-0.15, -0.1) is 0 Å². The summed E-state index contributed by atoms with van der Waals surface area (Å²) in [5, 5.41) is 2.97. The second kappa shape index (κ2) is 12.3. The molecule has 1 fully saturated rings. The van der Waals surface area contributed by atoms with Crippen molar-refractivity contribution in [2.24, 2.45) is 5.73 Å². The van der Waals surface area contributed by atoms with Crippen molar-refractivity contribution in [3.8, 4) is 5.75 Å². The molecule has 1 aromatic heterocycles. The number of anilines is 2. The Bertz CT molecular complexity index is 1320. The van der Waals surface area contributed by atoms with Crippen LogP contribution in [0.4, 0.5) is 11.4 Å². The van der Waals surface area contributed by atoms with Gasteiger partial charge in [-0.05, 0) is 65.7 Å². The Balaban J connectivity index is 1.81. The van der Waals surface area contributed by atoms with Crippen LogP contribution in [0, 0.1) is 0 Å². The molecule has 4 rings (SSSR count). The lowest BCUT2D eigenvalue weighted by Crippen LogP contribution is -2.45. The standard InChI is InChI=1S/C28H33N5O5S/c1-16(2)17-6-10-19(11-7-17)33(28(36)25-22(29)23(26(30)34)32-39-25)24(18-8-12-20(37-3)13-9-18)27(35)31-15-21-5-4-14-38-21/h6-13,16,21,24H,4-5,14-15,29H2,1-3H3,(H2,30,34)(H,31,35)/t21-,24-/m0/s1. The predicted molar refractivity (Wildman–Crippen MR) is 150 cm³/mol. The number of primary amides is 1. The maximum absolute atomic E-state index is 14.2. The zero-order chi connectivity index (χ0) is 28.1. The van der Waals surface area contributed by atoms with E-state index in [1.54, 1.807) is 43.5 Å². The lowest BCUT2D eigenvalue weighted by molar-refractivity contribution is -0.123. The van der Waals surface area contributed by atoms with E-state index >= 15 is 0 Å². The molecule has 0 aliphatic carbocycles. The molecule has 2 heterocycles. The Kier molecular flexibility index (Phi) is 8.82. The molecule has 0 unspecified atom stereocenters. The highest BCUT2D eigenvalue weighted by molar-refractivity contribution is 7.09. The zero-order valence-corrected chi connectivity index (χ0v) is 23.0. The summed E-state index contributed by atoms with van der Waals surface area (Å²) in [4.78, 5) is 41.2. The zero-order valence-electron chi connectivity index (χ0n) is 22.2. The number of carbonyl (C=O) groups is 3. The van der Waals surface area contributed by atoms with Crippen molar-refractivity contribution in [1.82, 2.24) is 9.69 Å². The van der Waals surface area contributed by atoms with Gasteiger partial charge in [0.2, 0.25) is 5.91 Å². The Hall–Kier alpha value is -3.96. The molecule has 1 aliphatic heterocycles. The van der Waals surface area contributed by atoms with Gasteiger partial charge in [0.05, 0.1) is 18.9 Å². The van der Waals surface area contributed by atoms with E-state index in [2.05, 4.69) is 23.5 Å². The molecule has 2 aromatic carbocycles. The molecule has 2 atom stereocenters. The van der Waals surface area contributed by atoms with Gasteiger partial charge in [0.1, 0.15) is 16.7 Å². The van der Waals surface area contributed by atoms with Crippen LogP contribution in [0.1, 0.15) is 69.9 Å². The van der Waals surface area contributed by atoms with Crippen LogP contribution in [0.25, 0.3) is 0 Å². The first-order valence-corrected chi connectivity index (χ1v) is 13.5. The van der Waals surface area contributed by atoms with Gasteiger partial charge in [0, 0.05) is 18.8 Å². The van der Waals surface area contributed by atoms with E-state index in [-0.39, 0.29) is 28.3 Å². The first kappa shape index (κ1) is 28.1. The SMILES string of the molecule is COc1ccc([C@@H](C(=O)NC[C@@H]2CCCO2)N(C(=O)c2snc(C(N)=O)c2N)c2ccc(C(C)C)cc2)cc1. The largest absolute Gasteiger partial charge is 0.497 e. The fraction of sp³-hybridized carbons (Fsp3) is 0.357. The van der Waals surface area contributed by atoms with Gasteiger partial charge in [-0.25, -0.2) is 0 Å². The third-order valence-corrected chi connectivity index (χ3v) is 7.53.